The van der Waals surface area contributed by atoms with Crippen LogP contribution in [0.1, 0.15) is 15.9 Å². The smallest absolute Gasteiger partial charge is 0.252 e. The molecule has 2 aromatic heterocycles. The topological polar surface area (TPSA) is 78.6 Å². The molecule has 1 fully saturated rings. The lowest BCUT2D eigenvalue weighted by atomic mass is 10.1. The highest BCUT2D eigenvalue weighted by molar-refractivity contribution is 5.98. The molecule has 1 aliphatic rings. The maximum atomic E-state index is 11.6. The molecule has 0 aliphatic carbocycles. The number of rotatable bonds is 5. The molecule has 1 saturated heterocycles. The third kappa shape index (κ3) is 4.06. The minimum Gasteiger partial charge on any atom is -0.367 e. The number of anilines is 2. The number of nitrogens with zero attached hydrogens (tertiary/aromatic N) is 5. The van der Waals surface area contributed by atoms with Crippen molar-refractivity contribution >= 4 is 17.4 Å². The van der Waals surface area contributed by atoms with Gasteiger partial charge in [-0.3, -0.25) is 9.78 Å². The Labute approximate surface area is 148 Å². The van der Waals surface area contributed by atoms with Gasteiger partial charge in [0.15, 0.2) is 0 Å². The summed E-state index contributed by atoms with van der Waals surface area (Å²) in [4.78, 5) is 26.8. The number of nitrogens with two attached hydrogens (primary N) is 1. The Hall–Kier alpha value is -2.67. The van der Waals surface area contributed by atoms with Gasteiger partial charge >= 0.3 is 0 Å². The Morgan fingerprint density at radius 1 is 1.12 bits per heavy atom. The van der Waals surface area contributed by atoms with Crippen molar-refractivity contribution in [1.82, 2.24) is 14.9 Å². The van der Waals surface area contributed by atoms with Crippen molar-refractivity contribution in [3.63, 3.8) is 0 Å². The Morgan fingerprint density at radius 2 is 1.84 bits per heavy atom. The number of primary amides is 1. The van der Waals surface area contributed by atoms with Crippen LogP contribution in [0.4, 0.5) is 11.5 Å². The van der Waals surface area contributed by atoms with E-state index >= 15 is 0 Å². The molecule has 3 rings (SSSR count). The van der Waals surface area contributed by atoms with Gasteiger partial charge in [-0.15, -0.1) is 0 Å². The van der Waals surface area contributed by atoms with E-state index in [9.17, 15) is 4.79 Å². The number of piperazine rings is 1. The maximum Gasteiger partial charge on any atom is 0.252 e. The molecule has 7 heteroatoms. The average Bonchev–Trinajstić information content (AvgIpc) is 2.62. The van der Waals surface area contributed by atoms with Gasteiger partial charge < -0.3 is 20.4 Å². The molecule has 0 saturated carbocycles. The van der Waals surface area contributed by atoms with Gasteiger partial charge in [0.2, 0.25) is 0 Å². The Kier molecular flexibility index (Phi) is 5.14. The Balaban J connectivity index is 1.65. The van der Waals surface area contributed by atoms with Crippen molar-refractivity contribution in [3.8, 4) is 0 Å². The molecule has 25 heavy (non-hydrogen) atoms. The fourth-order valence-corrected chi connectivity index (χ4v) is 3.09. The van der Waals surface area contributed by atoms with E-state index in [1.54, 1.807) is 6.20 Å². The zero-order chi connectivity index (χ0) is 17.8. The summed E-state index contributed by atoms with van der Waals surface area (Å²) in [7, 11) is 4.10. The predicted molar refractivity (Wildman–Crippen MR) is 98.8 cm³/mol. The first-order chi connectivity index (χ1) is 12.0. The number of hydrogen-bond donors (Lipinski definition) is 1. The molecular formula is C18H24N6O. The van der Waals surface area contributed by atoms with Crippen LogP contribution in [0, 0.1) is 0 Å². The van der Waals surface area contributed by atoms with E-state index < -0.39 is 5.91 Å². The third-order valence-corrected chi connectivity index (χ3v) is 4.32. The number of hydrogen-bond acceptors (Lipinski definition) is 6. The molecule has 0 radical (unpaired) electrons. The SMILES string of the molecule is CN(C)Cc1ccc(N2CCN(c3ccncc3C(N)=O)CC2)nc1. The maximum absolute atomic E-state index is 11.6. The summed E-state index contributed by atoms with van der Waals surface area (Å²) in [5.41, 5.74) is 7.99. The summed E-state index contributed by atoms with van der Waals surface area (Å²) in [5.74, 6) is 0.552. The molecule has 3 heterocycles. The summed E-state index contributed by atoms with van der Waals surface area (Å²) in [6.45, 7) is 4.21. The van der Waals surface area contributed by atoms with Crippen molar-refractivity contribution in [2.75, 3.05) is 50.1 Å². The van der Waals surface area contributed by atoms with E-state index in [1.807, 2.05) is 26.4 Å². The van der Waals surface area contributed by atoms with E-state index in [0.717, 1.165) is 44.2 Å². The summed E-state index contributed by atoms with van der Waals surface area (Å²) < 4.78 is 0. The van der Waals surface area contributed by atoms with Crippen molar-refractivity contribution in [2.45, 2.75) is 6.54 Å². The molecule has 0 spiro atoms. The number of carbonyl (C=O) groups excluding carboxylic acids is 1. The van der Waals surface area contributed by atoms with Crippen LogP contribution in [-0.4, -0.2) is 61.0 Å². The molecule has 1 amide bonds. The van der Waals surface area contributed by atoms with Gasteiger partial charge in [0.25, 0.3) is 5.91 Å². The average molecular weight is 340 g/mol. The van der Waals surface area contributed by atoms with Crippen LogP contribution in [0.25, 0.3) is 0 Å². The molecular weight excluding hydrogens is 316 g/mol. The van der Waals surface area contributed by atoms with Crippen molar-refractivity contribution < 1.29 is 4.79 Å². The van der Waals surface area contributed by atoms with Crippen molar-refractivity contribution in [3.05, 3.63) is 47.9 Å². The van der Waals surface area contributed by atoms with Gasteiger partial charge in [0.1, 0.15) is 5.82 Å². The van der Waals surface area contributed by atoms with E-state index in [-0.39, 0.29) is 0 Å². The molecule has 0 aromatic carbocycles. The van der Waals surface area contributed by atoms with E-state index in [1.165, 1.54) is 11.8 Å². The first-order valence-electron chi connectivity index (χ1n) is 8.38. The molecule has 2 aromatic rings. The second-order valence-corrected chi connectivity index (χ2v) is 6.49. The van der Waals surface area contributed by atoms with Crippen molar-refractivity contribution in [2.24, 2.45) is 5.73 Å². The molecule has 0 atom stereocenters. The minimum atomic E-state index is -0.441. The minimum absolute atomic E-state index is 0.441. The molecule has 132 valence electrons. The lowest BCUT2D eigenvalue weighted by Crippen LogP contribution is -2.47. The summed E-state index contributed by atoms with van der Waals surface area (Å²) in [6, 6.07) is 6.06. The second kappa shape index (κ2) is 7.48. The molecule has 2 N–H and O–H groups in total. The summed E-state index contributed by atoms with van der Waals surface area (Å²) >= 11 is 0. The van der Waals surface area contributed by atoms with Gasteiger partial charge in [-0.2, -0.15) is 0 Å². The third-order valence-electron chi connectivity index (χ3n) is 4.32. The normalized spacial score (nSPS) is 14.8. The quantitative estimate of drug-likeness (QED) is 0.874. The lowest BCUT2D eigenvalue weighted by Gasteiger charge is -2.37. The molecule has 1 aliphatic heterocycles. The van der Waals surface area contributed by atoms with Gasteiger partial charge in [-0.05, 0) is 31.8 Å². The highest BCUT2D eigenvalue weighted by Gasteiger charge is 2.21. The standard InChI is InChI=1S/C18H24N6O/c1-22(2)13-14-3-4-17(21-11-14)24-9-7-23(8-10-24)16-5-6-20-12-15(16)18(19)25/h3-6,11-12H,7-10,13H2,1-2H3,(H2,19,25). The Morgan fingerprint density at radius 3 is 2.44 bits per heavy atom. The number of amides is 1. The predicted octanol–water partition coefficient (Wildman–Crippen LogP) is 0.964. The van der Waals surface area contributed by atoms with Gasteiger partial charge in [0.05, 0.1) is 11.3 Å². The molecule has 7 nitrogen and oxygen atoms in total. The van der Waals surface area contributed by atoms with E-state index in [0.29, 0.717) is 5.56 Å². The highest BCUT2D eigenvalue weighted by Crippen LogP contribution is 2.22. The van der Waals surface area contributed by atoms with Gasteiger partial charge in [-0.25, -0.2) is 4.98 Å². The Bertz CT molecular complexity index is 723. The zero-order valence-corrected chi connectivity index (χ0v) is 14.7. The van der Waals surface area contributed by atoms with Crippen LogP contribution >= 0.6 is 0 Å². The van der Waals surface area contributed by atoms with Gasteiger partial charge in [-0.1, -0.05) is 6.07 Å². The van der Waals surface area contributed by atoms with Crippen molar-refractivity contribution in [1.29, 1.82) is 0 Å². The first kappa shape index (κ1) is 17.2. The van der Waals surface area contributed by atoms with Crippen LogP contribution in [-0.2, 0) is 6.54 Å². The molecule has 0 bridgehead atoms. The molecule has 0 unspecified atom stereocenters. The first-order valence-corrected chi connectivity index (χ1v) is 8.38. The van der Waals surface area contributed by atoms with Crippen LogP contribution in [0.3, 0.4) is 0 Å². The fraction of sp³-hybridized carbons (Fsp3) is 0.389. The van der Waals surface area contributed by atoms with Crippen LogP contribution in [0.2, 0.25) is 0 Å². The van der Waals surface area contributed by atoms with E-state index in [2.05, 4.69) is 36.8 Å². The van der Waals surface area contributed by atoms with Crippen LogP contribution in [0.15, 0.2) is 36.8 Å². The largest absolute Gasteiger partial charge is 0.367 e. The zero-order valence-electron chi connectivity index (χ0n) is 14.7. The summed E-state index contributed by atoms with van der Waals surface area (Å²) in [5, 5.41) is 0. The fourth-order valence-electron chi connectivity index (χ4n) is 3.09. The van der Waals surface area contributed by atoms with E-state index in [4.69, 9.17) is 5.73 Å². The number of pyridine rings is 2. The number of aromatic nitrogens is 2. The van der Waals surface area contributed by atoms with Crippen LogP contribution in [0.5, 0.6) is 0 Å². The second-order valence-electron chi connectivity index (χ2n) is 6.49. The lowest BCUT2D eigenvalue weighted by molar-refractivity contribution is 0.100. The van der Waals surface area contributed by atoms with Crippen LogP contribution < -0.4 is 15.5 Å². The number of carbonyl (C=O) groups is 1. The highest BCUT2D eigenvalue weighted by atomic mass is 16.1. The summed E-state index contributed by atoms with van der Waals surface area (Å²) in [6.07, 6.45) is 5.17. The monoisotopic (exact) mass is 340 g/mol. The van der Waals surface area contributed by atoms with Gasteiger partial charge in [0, 0.05) is 51.3 Å².